The number of para-hydroxylation sites is 1. The van der Waals surface area contributed by atoms with Gasteiger partial charge in [0.1, 0.15) is 5.69 Å². The van der Waals surface area contributed by atoms with Crippen LogP contribution in [0.25, 0.3) is 0 Å². The van der Waals surface area contributed by atoms with Crippen LogP contribution in [0.2, 0.25) is 0 Å². The zero-order valence-electron chi connectivity index (χ0n) is 15.7. The molecule has 0 aliphatic rings. The van der Waals surface area contributed by atoms with Gasteiger partial charge in [-0.3, -0.25) is 9.78 Å². The van der Waals surface area contributed by atoms with E-state index >= 15 is 0 Å². The van der Waals surface area contributed by atoms with Gasteiger partial charge in [-0.2, -0.15) is 0 Å². The van der Waals surface area contributed by atoms with Gasteiger partial charge in [-0.1, -0.05) is 38.1 Å². The Hall–Kier alpha value is -3.28. The molecule has 3 rings (SSSR count). The van der Waals surface area contributed by atoms with E-state index in [9.17, 15) is 4.79 Å². The SMILES string of the molecule is Cc1cccc(C(C)C)c1NC(=O)c1ccnc(NCc2ccccn2)n1. The zero-order valence-corrected chi connectivity index (χ0v) is 15.7. The number of aromatic nitrogens is 3. The first-order chi connectivity index (χ1) is 13.0. The van der Waals surface area contributed by atoms with Crippen molar-refractivity contribution >= 4 is 17.5 Å². The Balaban J connectivity index is 1.74. The molecule has 0 spiro atoms. The fraction of sp³-hybridized carbons (Fsp3) is 0.238. The lowest BCUT2D eigenvalue weighted by Gasteiger charge is -2.16. The van der Waals surface area contributed by atoms with Crippen molar-refractivity contribution in [3.05, 3.63) is 77.4 Å². The van der Waals surface area contributed by atoms with Crippen molar-refractivity contribution in [3.8, 4) is 0 Å². The first kappa shape index (κ1) is 18.5. The van der Waals surface area contributed by atoms with Gasteiger partial charge in [0.25, 0.3) is 5.91 Å². The normalized spacial score (nSPS) is 10.7. The Labute approximate surface area is 159 Å². The summed E-state index contributed by atoms with van der Waals surface area (Å²) in [6.45, 7) is 6.69. The Bertz CT molecular complexity index is 925. The molecule has 2 heterocycles. The molecule has 0 bridgehead atoms. The van der Waals surface area contributed by atoms with Gasteiger partial charge >= 0.3 is 0 Å². The van der Waals surface area contributed by atoms with Crippen LogP contribution in [-0.2, 0) is 6.54 Å². The molecule has 6 nitrogen and oxygen atoms in total. The van der Waals surface area contributed by atoms with Crippen molar-refractivity contribution in [2.45, 2.75) is 33.2 Å². The molecule has 0 atom stereocenters. The van der Waals surface area contributed by atoms with Gasteiger partial charge < -0.3 is 10.6 Å². The molecule has 1 amide bonds. The van der Waals surface area contributed by atoms with Crippen LogP contribution in [-0.4, -0.2) is 20.9 Å². The highest BCUT2D eigenvalue weighted by atomic mass is 16.1. The maximum absolute atomic E-state index is 12.7. The molecule has 0 fully saturated rings. The minimum absolute atomic E-state index is 0.255. The molecule has 3 aromatic rings. The minimum Gasteiger partial charge on any atom is -0.349 e. The summed E-state index contributed by atoms with van der Waals surface area (Å²) in [6, 6.07) is 13.3. The number of nitrogens with one attached hydrogen (secondary N) is 2. The number of rotatable bonds is 6. The average Bonchev–Trinajstić information content (AvgIpc) is 2.68. The first-order valence-electron chi connectivity index (χ1n) is 8.92. The fourth-order valence-electron chi connectivity index (χ4n) is 2.76. The fourth-order valence-corrected chi connectivity index (χ4v) is 2.76. The van der Waals surface area contributed by atoms with Gasteiger partial charge in [0.2, 0.25) is 5.95 Å². The summed E-state index contributed by atoms with van der Waals surface area (Å²) < 4.78 is 0. The highest BCUT2D eigenvalue weighted by molar-refractivity contribution is 6.03. The van der Waals surface area contributed by atoms with E-state index in [1.807, 2.05) is 43.3 Å². The number of carbonyl (C=O) groups is 1. The van der Waals surface area contributed by atoms with E-state index in [4.69, 9.17) is 0 Å². The van der Waals surface area contributed by atoms with Crippen molar-refractivity contribution in [3.63, 3.8) is 0 Å². The van der Waals surface area contributed by atoms with Crippen LogP contribution in [0.1, 0.15) is 47.1 Å². The van der Waals surface area contributed by atoms with Gasteiger partial charge in [-0.05, 0) is 42.2 Å². The van der Waals surface area contributed by atoms with E-state index in [0.29, 0.717) is 24.1 Å². The molecule has 0 unspecified atom stereocenters. The summed E-state index contributed by atoms with van der Waals surface area (Å²) in [7, 11) is 0. The van der Waals surface area contributed by atoms with Crippen LogP contribution in [0.5, 0.6) is 0 Å². The molecule has 0 saturated heterocycles. The van der Waals surface area contributed by atoms with Crippen molar-refractivity contribution in [1.82, 2.24) is 15.0 Å². The number of amides is 1. The van der Waals surface area contributed by atoms with Gasteiger partial charge in [0, 0.05) is 18.1 Å². The van der Waals surface area contributed by atoms with E-state index in [-0.39, 0.29) is 5.91 Å². The van der Waals surface area contributed by atoms with E-state index in [1.165, 1.54) is 0 Å². The number of nitrogens with zero attached hydrogens (tertiary/aromatic N) is 3. The zero-order chi connectivity index (χ0) is 19.2. The molecule has 138 valence electrons. The minimum atomic E-state index is -0.255. The average molecular weight is 361 g/mol. The third-order valence-corrected chi connectivity index (χ3v) is 4.21. The first-order valence-corrected chi connectivity index (χ1v) is 8.92. The molecule has 1 aromatic carbocycles. The lowest BCUT2D eigenvalue weighted by Crippen LogP contribution is -2.17. The third-order valence-electron chi connectivity index (χ3n) is 4.21. The number of hydrogen-bond donors (Lipinski definition) is 2. The van der Waals surface area contributed by atoms with Crippen LogP contribution in [0.15, 0.2) is 54.9 Å². The Morgan fingerprint density at radius 1 is 1.04 bits per heavy atom. The Morgan fingerprint density at radius 2 is 1.89 bits per heavy atom. The number of aryl methyl sites for hydroxylation is 1. The van der Waals surface area contributed by atoms with Gasteiger partial charge in [0.15, 0.2) is 0 Å². The lowest BCUT2D eigenvalue weighted by molar-refractivity contribution is 0.102. The van der Waals surface area contributed by atoms with Crippen molar-refractivity contribution in [2.24, 2.45) is 0 Å². The third kappa shape index (κ3) is 4.67. The number of benzene rings is 1. The second-order valence-electron chi connectivity index (χ2n) is 6.59. The lowest BCUT2D eigenvalue weighted by atomic mass is 9.98. The number of pyridine rings is 1. The summed E-state index contributed by atoms with van der Waals surface area (Å²) >= 11 is 0. The maximum Gasteiger partial charge on any atom is 0.274 e. The maximum atomic E-state index is 12.7. The summed E-state index contributed by atoms with van der Waals surface area (Å²) in [5.41, 5.74) is 4.16. The molecule has 0 aliphatic carbocycles. The molecule has 0 radical (unpaired) electrons. The second kappa shape index (κ2) is 8.40. The quantitative estimate of drug-likeness (QED) is 0.689. The molecule has 0 saturated carbocycles. The number of hydrogen-bond acceptors (Lipinski definition) is 5. The number of carbonyl (C=O) groups excluding carboxylic acids is 1. The number of anilines is 2. The predicted octanol–water partition coefficient (Wildman–Crippen LogP) is 4.17. The van der Waals surface area contributed by atoms with Crippen LogP contribution in [0.3, 0.4) is 0 Å². The topological polar surface area (TPSA) is 79.8 Å². The summed E-state index contributed by atoms with van der Waals surface area (Å²) in [4.78, 5) is 25.5. The van der Waals surface area contributed by atoms with Crippen molar-refractivity contribution in [2.75, 3.05) is 10.6 Å². The summed E-state index contributed by atoms with van der Waals surface area (Å²) in [6.07, 6.45) is 3.31. The molecule has 2 aromatic heterocycles. The Morgan fingerprint density at radius 3 is 2.63 bits per heavy atom. The van der Waals surface area contributed by atoms with Gasteiger partial charge in [-0.15, -0.1) is 0 Å². The van der Waals surface area contributed by atoms with Crippen LogP contribution in [0, 0.1) is 6.92 Å². The monoisotopic (exact) mass is 361 g/mol. The standard InChI is InChI=1S/C21H23N5O/c1-14(2)17-9-6-7-15(3)19(17)26-20(27)18-10-12-23-21(25-18)24-13-16-8-4-5-11-22-16/h4-12,14H,13H2,1-3H3,(H,26,27)(H,23,24,25). The molecular formula is C21H23N5O. The largest absolute Gasteiger partial charge is 0.349 e. The van der Waals surface area contributed by atoms with E-state index in [1.54, 1.807) is 18.5 Å². The predicted molar refractivity (Wildman–Crippen MR) is 107 cm³/mol. The Kier molecular flexibility index (Phi) is 5.76. The van der Waals surface area contributed by atoms with Crippen LogP contribution < -0.4 is 10.6 Å². The molecule has 0 aliphatic heterocycles. The van der Waals surface area contributed by atoms with Crippen LogP contribution >= 0.6 is 0 Å². The van der Waals surface area contributed by atoms with Crippen LogP contribution in [0.4, 0.5) is 11.6 Å². The van der Waals surface area contributed by atoms with Gasteiger partial charge in [0.05, 0.1) is 12.2 Å². The molecule has 27 heavy (non-hydrogen) atoms. The van der Waals surface area contributed by atoms with Crippen molar-refractivity contribution < 1.29 is 4.79 Å². The molecule has 2 N–H and O–H groups in total. The van der Waals surface area contributed by atoms with Crippen molar-refractivity contribution in [1.29, 1.82) is 0 Å². The van der Waals surface area contributed by atoms with E-state index < -0.39 is 0 Å². The highest BCUT2D eigenvalue weighted by Gasteiger charge is 2.15. The molecule has 6 heteroatoms. The van der Waals surface area contributed by atoms with Gasteiger partial charge in [-0.25, -0.2) is 9.97 Å². The summed E-state index contributed by atoms with van der Waals surface area (Å²) in [5, 5.41) is 6.10. The second-order valence-corrected chi connectivity index (χ2v) is 6.59. The highest BCUT2D eigenvalue weighted by Crippen LogP contribution is 2.27. The van der Waals surface area contributed by atoms with E-state index in [0.717, 1.165) is 22.5 Å². The smallest absolute Gasteiger partial charge is 0.274 e. The summed E-state index contributed by atoms with van der Waals surface area (Å²) in [5.74, 6) is 0.442. The van der Waals surface area contributed by atoms with E-state index in [2.05, 4.69) is 39.4 Å². The molecular weight excluding hydrogens is 338 g/mol.